The van der Waals surface area contributed by atoms with Crippen LogP contribution in [0.4, 0.5) is 0 Å². The second kappa shape index (κ2) is 4.41. The van der Waals surface area contributed by atoms with Crippen molar-refractivity contribution in [1.82, 2.24) is 4.98 Å². The van der Waals surface area contributed by atoms with Gasteiger partial charge in [0, 0.05) is 11.8 Å². The van der Waals surface area contributed by atoms with Gasteiger partial charge in [-0.05, 0) is 23.8 Å². The Bertz CT molecular complexity index is 453. The lowest BCUT2D eigenvalue weighted by Gasteiger charge is -2.05. The van der Waals surface area contributed by atoms with E-state index in [2.05, 4.69) is 20.3 Å². The maximum absolute atomic E-state index is 5.11. The predicted molar refractivity (Wildman–Crippen MR) is 65.6 cm³/mol. The van der Waals surface area contributed by atoms with Gasteiger partial charge in [0.05, 0.1) is 12.5 Å². The second-order valence-electron chi connectivity index (χ2n) is 3.16. The molecule has 0 aliphatic rings. The highest BCUT2D eigenvalue weighted by atomic mass is 31.0. The van der Waals surface area contributed by atoms with Gasteiger partial charge in [-0.25, -0.2) is 0 Å². The highest BCUT2D eigenvalue weighted by molar-refractivity contribution is 7.27. The number of ether oxygens (including phenoxy) is 1. The van der Waals surface area contributed by atoms with E-state index in [9.17, 15) is 0 Å². The van der Waals surface area contributed by atoms with Crippen molar-refractivity contribution >= 4 is 14.7 Å². The summed E-state index contributed by atoms with van der Waals surface area (Å²) in [6.45, 7) is 0. The Morgan fingerprint density at radius 3 is 2.47 bits per heavy atom. The molecule has 0 saturated heterocycles. The molecule has 2 nitrogen and oxygen atoms in total. The number of methoxy groups -OCH3 is 1. The van der Waals surface area contributed by atoms with E-state index in [-0.39, 0.29) is 0 Å². The minimum atomic E-state index is 0.868. The highest BCUT2D eigenvalue weighted by Gasteiger charge is 2.01. The van der Waals surface area contributed by atoms with E-state index in [0.717, 1.165) is 22.3 Å². The van der Waals surface area contributed by atoms with Gasteiger partial charge in [-0.2, -0.15) is 0 Å². The molecule has 2 rings (SSSR count). The molecule has 2 aromatic rings. The number of rotatable bonds is 2. The number of aromatic nitrogens is 1. The van der Waals surface area contributed by atoms with Crippen LogP contribution in [0.3, 0.4) is 0 Å². The van der Waals surface area contributed by atoms with E-state index in [0.29, 0.717) is 0 Å². The first-order valence-electron chi connectivity index (χ1n) is 4.66. The lowest BCUT2D eigenvalue weighted by molar-refractivity contribution is 0.415. The fraction of sp³-hybridized carbons (Fsp3) is 0.0833. The van der Waals surface area contributed by atoms with E-state index in [1.807, 2.05) is 30.3 Å². The molecule has 0 saturated carbocycles. The second-order valence-corrected chi connectivity index (χ2v) is 3.71. The van der Waals surface area contributed by atoms with E-state index in [4.69, 9.17) is 4.74 Å². The van der Waals surface area contributed by atoms with Crippen molar-refractivity contribution in [2.75, 3.05) is 7.11 Å². The third kappa shape index (κ3) is 2.16. The minimum absolute atomic E-state index is 0.868. The molecule has 15 heavy (non-hydrogen) atoms. The molecule has 0 radical (unpaired) electrons. The Morgan fingerprint density at radius 2 is 1.87 bits per heavy atom. The van der Waals surface area contributed by atoms with Crippen LogP contribution in [0.1, 0.15) is 0 Å². The molecular weight excluding hydrogens is 205 g/mol. The van der Waals surface area contributed by atoms with Gasteiger partial charge in [0.2, 0.25) is 0 Å². The van der Waals surface area contributed by atoms with Crippen LogP contribution in [0.2, 0.25) is 0 Å². The Kier molecular flexibility index (Phi) is 2.98. The molecule has 0 amide bonds. The lowest BCUT2D eigenvalue weighted by Crippen LogP contribution is -2.00. The Hall–Kier alpha value is -1.40. The van der Waals surface area contributed by atoms with Crippen molar-refractivity contribution in [1.29, 1.82) is 0 Å². The summed E-state index contributed by atoms with van der Waals surface area (Å²) in [6.07, 6.45) is 1.79. The Balaban J connectivity index is 2.42. The molecule has 3 heteroatoms. The van der Waals surface area contributed by atoms with Gasteiger partial charge in [-0.1, -0.05) is 27.4 Å². The van der Waals surface area contributed by atoms with Crippen LogP contribution in [0.25, 0.3) is 11.1 Å². The van der Waals surface area contributed by atoms with Crippen LogP contribution >= 0.6 is 9.24 Å². The number of nitrogens with zero attached hydrogens (tertiary/aromatic N) is 1. The minimum Gasteiger partial charge on any atom is -0.497 e. The predicted octanol–water partition coefficient (Wildman–Crippen LogP) is 2.26. The van der Waals surface area contributed by atoms with Crippen molar-refractivity contribution in [3.05, 3.63) is 42.6 Å². The topological polar surface area (TPSA) is 22.1 Å². The van der Waals surface area contributed by atoms with Crippen LogP contribution in [0.5, 0.6) is 5.75 Å². The zero-order valence-corrected chi connectivity index (χ0v) is 9.63. The van der Waals surface area contributed by atoms with Gasteiger partial charge in [-0.3, -0.25) is 4.98 Å². The monoisotopic (exact) mass is 217 g/mol. The fourth-order valence-electron chi connectivity index (χ4n) is 1.43. The maximum Gasteiger partial charge on any atom is 0.118 e. The zero-order chi connectivity index (χ0) is 10.7. The molecule has 1 unspecified atom stereocenters. The van der Waals surface area contributed by atoms with Gasteiger partial charge in [0.25, 0.3) is 0 Å². The van der Waals surface area contributed by atoms with Gasteiger partial charge in [0.15, 0.2) is 0 Å². The lowest BCUT2D eigenvalue weighted by atomic mass is 10.1. The fourth-order valence-corrected chi connectivity index (χ4v) is 1.78. The molecule has 1 atom stereocenters. The largest absolute Gasteiger partial charge is 0.497 e. The average molecular weight is 217 g/mol. The molecule has 1 aromatic carbocycles. The summed E-state index contributed by atoms with van der Waals surface area (Å²) >= 11 is 0. The molecule has 0 fully saturated rings. The molecular formula is C12H12NOP. The van der Waals surface area contributed by atoms with E-state index in [1.165, 1.54) is 0 Å². The normalized spacial score (nSPS) is 10.0. The summed E-state index contributed by atoms with van der Waals surface area (Å²) in [6, 6.07) is 12.0. The molecule has 0 spiro atoms. The first kappa shape index (κ1) is 10.1. The van der Waals surface area contributed by atoms with Crippen LogP contribution in [-0.2, 0) is 0 Å². The van der Waals surface area contributed by atoms with Gasteiger partial charge < -0.3 is 4.74 Å². The summed E-state index contributed by atoms with van der Waals surface area (Å²) in [5.41, 5.74) is 3.24. The summed E-state index contributed by atoms with van der Waals surface area (Å²) in [4.78, 5) is 4.23. The number of pyridine rings is 1. The quantitative estimate of drug-likeness (QED) is 0.720. The number of hydrogen-bond donors (Lipinski definition) is 0. The third-order valence-electron chi connectivity index (χ3n) is 2.24. The van der Waals surface area contributed by atoms with Crippen molar-refractivity contribution < 1.29 is 4.74 Å². The van der Waals surface area contributed by atoms with Gasteiger partial charge >= 0.3 is 0 Å². The van der Waals surface area contributed by atoms with Gasteiger partial charge in [0.1, 0.15) is 5.75 Å². The average Bonchev–Trinajstić information content (AvgIpc) is 2.30. The third-order valence-corrected chi connectivity index (χ3v) is 2.70. The molecule has 0 bridgehead atoms. The summed E-state index contributed by atoms with van der Waals surface area (Å²) < 4.78 is 5.11. The van der Waals surface area contributed by atoms with E-state index < -0.39 is 0 Å². The van der Waals surface area contributed by atoms with E-state index in [1.54, 1.807) is 13.3 Å². The highest BCUT2D eigenvalue weighted by Crippen LogP contribution is 2.21. The SMILES string of the molecule is COc1ccc(-c2cccnc2P)cc1. The molecule has 0 aliphatic heterocycles. The zero-order valence-electron chi connectivity index (χ0n) is 8.47. The van der Waals surface area contributed by atoms with Crippen LogP contribution in [-0.4, -0.2) is 12.1 Å². The maximum atomic E-state index is 5.11. The van der Waals surface area contributed by atoms with Crippen LogP contribution < -0.4 is 10.2 Å². The van der Waals surface area contributed by atoms with Gasteiger partial charge in [-0.15, -0.1) is 0 Å². The molecule has 1 aromatic heterocycles. The molecule has 0 N–H and O–H groups in total. The number of hydrogen-bond acceptors (Lipinski definition) is 2. The summed E-state index contributed by atoms with van der Waals surface area (Å²) in [7, 11) is 4.31. The smallest absolute Gasteiger partial charge is 0.118 e. The van der Waals surface area contributed by atoms with Crippen LogP contribution in [0, 0.1) is 0 Å². The van der Waals surface area contributed by atoms with Crippen molar-refractivity contribution in [3.63, 3.8) is 0 Å². The molecule has 1 heterocycles. The first-order valence-corrected chi connectivity index (χ1v) is 5.24. The summed E-state index contributed by atoms with van der Waals surface area (Å²) in [5, 5.41) is 0. The Labute approximate surface area is 91.5 Å². The Morgan fingerprint density at radius 1 is 1.13 bits per heavy atom. The van der Waals surface area contributed by atoms with Crippen molar-refractivity contribution in [2.45, 2.75) is 0 Å². The number of benzene rings is 1. The summed E-state index contributed by atoms with van der Waals surface area (Å²) in [5.74, 6) is 0.868. The molecule has 76 valence electrons. The molecule has 0 aliphatic carbocycles. The van der Waals surface area contributed by atoms with Crippen LogP contribution in [0.15, 0.2) is 42.6 Å². The first-order chi connectivity index (χ1) is 7.31. The standard InChI is InChI=1S/C12H12NOP/c1-14-10-6-4-9(5-7-10)11-3-2-8-13-12(11)15/h2-8H,15H2,1H3. The van der Waals surface area contributed by atoms with Crippen molar-refractivity contribution in [2.24, 2.45) is 0 Å². The van der Waals surface area contributed by atoms with Crippen molar-refractivity contribution in [3.8, 4) is 16.9 Å². The van der Waals surface area contributed by atoms with E-state index >= 15 is 0 Å².